The summed E-state index contributed by atoms with van der Waals surface area (Å²) >= 11 is 0. The van der Waals surface area contributed by atoms with E-state index in [4.69, 9.17) is 9.15 Å². The van der Waals surface area contributed by atoms with Crippen molar-refractivity contribution in [1.82, 2.24) is 14.8 Å². The van der Waals surface area contributed by atoms with Gasteiger partial charge in [0.05, 0.1) is 22.9 Å². The second-order valence-electron chi connectivity index (χ2n) is 8.55. The van der Waals surface area contributed by atoms with Crippen LogP contribution in [0, 0.1) is 13.8 Å². The van der Waals surface area contributed by atoms with Crippen molar-refractivity contribution in [3.63, 3.8) is 0 Å². The summed E-state index contributed by atoms with van der Waals surface area (Å²) in [6.45, 7) is 3.80. The molecule has 0 saturated carbocycles. The van der Waals surface area contributed by atoms with E-state index < -0.39 is 5.97 Å². The topological polar surface area (TPSA) is 90.5 Å². The molecule has 180 valence electrons. The maximum Gasteiger partial charge on any atom is 0.344 e. The molecule has 1 amide bonds. The summed E-state index contributed by atoms with van der Waals surface area (Å²) in [6.07, 6.45) is 1.55. The van der Waals surface area contributed by atoms with Gasteiger partial charge in [-0.2, -0.15) is 5.10 Å². The number of aromatic nitrogens is 3. The number of amides is 1. The number of fused-ring (bicyclic) bond motifs is 1. The first kappa shape index (κ1) is 23.0. The third-order valence-corrected chi connectivity index (χ3v) is 6.00. The molecule has 5 aromatic rings. The molecule has 0 N–H and O–H groups in total. The van der Waals surface area contributed by atoms with Crippen molar-refractivity contribution in [2.75, 3.05) is 11.9 Å². The largest absolute Gasteiger partial charge is 0.463 e. The minimum atomic E-state index is -0.539. The lowest BCUT2D eigenvalue weighted by molar-refractivity contribution is 0.0736. The molecular formula is C28H24N4O4. The maximum absolute atomic E-state index is 13.3. The quantitative estimate of drug-likeness (QED) is 0.249. The number of carbonyl (C=O) groups excluding carboxylic acids is 2. The summed E-state index contributed by atoms with van der Waals surface area (Å²) in [5, 5.41) is 5.04. The summed E-state index contributed by atoms with van der Waals surface area (Å²) in [7, 11) is 3.48. The number of carbonyl (C=O) groups is 2. The van der Waals surface area contributed by atoms with Crippen LogP contribution in [0.4, 0.5) is 5.69 Å². The zero-order valence-electron chi connectivity index (χ0n) is 20.4. The van der Waals surface area contributed by atoms with Gasteiger partial charge in [0.2, 0.25) is 0 Å². The predicted molar refractivity (Wildman–Crippen MR) is 136 cm³/mol. The first-order valence-electron chi connectivity index (χ1n) is 11.4. The molecule has 0 aliphatic carbocycles. The molecule has 8 nitrogen and oxygen atoms in total. The van der Waals surface area contributed by atoms with E-state index in [-0.39, 0.29) is 5.91 Å². The number of ether oxygens (including phenoxy) is 1. The van der Waals surface area contributed by atoms with Crippen molar-refractivity contribution in [2.45, 2.75) is 13.8 Å². The van der Waals surface area contributed by atoms with Gasteiger partial charge in [-0.3, -0.25) is 9.48 Å². The molecule has 2 aromatic carbocycles. The van der Waals surface area contributed by atoms with E-state index in [1.807, 2.05) is 26.0 Å². The van der Waals surface area contributed by atoms with Crippen LogP contribution in [0.1, 0.15) is 32.0 Å². The number of hydrogen-bond acceptors (Lipinski definition) is 6. The van der Waals surface area contributed by atoms with Gasteiger partial charge >= 0.3 is 5.97 Å². The van der Waals surface area contributed by atoms with Crippen LogP contribution in [0.15, 0.2) is 77.4 Å². The normalized spacial score (nSPS) is 11.0. The zero-order valence-corrected chi connectivity index (χ0v) is 20.4. The smallest absolute Gasteiger partial charge is 0.344 e. The summed E-state index contributed by atoms with van der Waals surface area (Å²) in [5.74, 6) is 0.223. The number of pyridine rings is 1. The minimum Gasteiger partial charge on any atom is -0.463 e. The van der Waals surface area contributed by atoms with Crippen LogP contribution < -0.4 is 9.64 Å². The van der Waals surface area contributed by atoms with E-state index in [0.29, 0.717) is 50.7 Å². The Kier molecular flexibility index (Phi) is 5.85. The molecule has 0 radical (unpaired) electrons. The number of aryl methyl sites for hydroxylation is 3. The Morgan fingerprint density at radius 3 is 2.39 bits per heavy atom. The van der Waals surface area contributed by atoms with Gasteiger partial charge in [-0.1, -0.05) is 17.7 Å². The van der Waals surface area contributed by atoms with E-state index >= 15 is 0 Å². The zero-order chi connectivity index (χ0) is 25.4. The second-order valence-corrected chi connectivity index (χ2v) is 8.55. The molecule has 8 heteroatoms. The average Bonchev–Trinajstić information content (AvgIpc) is 3.52. The van der Waals surface area contributed by atoms with Crippen LogP contribution in [0.25, 0.3) is 22.5 Å². The van der Waals surface area contributed by atoms with Gasteiger partial charge in [-0.25, -0.2) is 9.78 Å². The molecule has 0 fully saturated rings. The highest BCUT2D eigenvalue weighted by Gasteiger charge is 2.22. The van der Waals surface area contributed by atoms with Crippen molar-refractivity contribution in [3.8, 4) is 17.2 Å². The number of nitrogens with zero attached hydrogens (tertiary/aromatic N) is 4. The fourth-order valence-electron chi connectivity index (χ4n) is 4.06. The number of furan rings is 1. The maximum atomic E-state index is 13.3. The van der Waals surface area contributed by atoms with Crippen molar-refractivity contribution < 1.29 is 18.7 Å². The van der Waals surface area contributed by atoms with Crippen molar-refractivity contribution in [1.29, 1.82) is 0 Å². The second kappa shape index (κ2) is 9.14. The van der Waals surface area contributed by atoms with Gasteiger partial charge in [-0.15, -0.1) is 0 Å². The summed E-state index contributed by atoms with van der Waals surface area (Å²) in [5.41, 5.74) is 4.44. The Morgan fingerprint density at radius 1 is 1.00 bits per heavy atom. The Balaban J connectivity index is 1.40. The molecule has 0 bridgehead atoms. The number of anilines is 1. The summed E-state index contributed by atoms with van der Waals surface area (Å²) < 4.78 is 12.8. The van der Waals surface area contributed by atoms with E-state index in [2.05, 4.69) is 10.1 Å². The third kappa shape index (κ3) is 4.24. The van der Waals surface area contributed by atoms with E-state index in [9.17, 15) is 9.59 Å². The molecule has 0 aliphatic heterocycles. The number of hydrogen-bond donors (Lipinski definition) is 0. The average molecular weight is 481 g/mol. The summed E-state index contributed by atoms with van der Waals surface area (Å²) in [6, 6.07) is 19.4. The number of rotatable bonds is 5. The number of benzene rings is 2. The molecular weight excluding hydrogens is 456 g/mol. The van der Waals surface area contributed by atoms with Gasteiger partial charge in [0, 0.05) is 25.3 Å². The molecule has 3 aromatic heterocycles. The van der Waals surface area contributed by atoms with Crippen molar-refractivity contribution >= 4 is 28.6 Å². The summed E-state index contributed by atoms with van der Waals surface area (Å²) in [4.78, 5) is 32.3. The van der Waals surface area contributed by atoms with Gasteiger partial charge in [-0.05, 0) is 68.4 Å². The van der Waals surface area contributed by atoms with Crippen LogP contribution in [0.2, 0.25) is 0 Å². The monoisotopic (exact) mass is 480 g/mol. The van der Waals surface area contributed by atoms with Gasteiger partial charge in [0.25, 0.3) is 5.91 Å². The van der Waals surface area contributed by atoms with Crippen molar-refractivity contribution in [3.05, 3.63) is 95.4 Å². The van der Waals surface area contributed by atoms with E-state index in [1.54, 1.807) is 84.5 Å². The molecule has 36 heavy (non-hydrogen) atoms. The number of esters is 1. The Bertz CT molecular complexity index is 1570. The van der Waals surface area contributed by atoms with Gasteiger partial charge in [0.15, 0.2) is 11.4 Å². The van der Waals surface area contributed by atoms with Crippen LogP contribution in [0.3, 0.4) is 0 Å². The lowest BCUT2D eigenvalue weighted by Crippen LogP contribution is -2.26. The van der Waals surface area contributed by atoms with Crippen LogP contribution >= 0.6 is 0 Å². The molecule has 0 unspecified atom stereocenters. The van der Waals surface area contributed by atoms with Crippen LogP contribution in [-0.4, -0.2) is 33.7 Å². The van der Waals surface area contributed by atoms with Gasteiger partial charge < -0.3 is 14.1 Å². The predicted octanol–water partition coefficient (Wildman–Crippen LogP) is 5.34. The van der Waals surface area contributed by atoms with E-state index in [0.717, 1.165) is 5.56 Å². The standard InChI is InChI=1S/C28H24N4O4/c1-17-7-9-19(10-8-17)27(33)31(3)20-11-13-21(14-12-20)36-28(34)22-16-23(24-6-5-15-35-24)29-26-25(22)18(2)30-32(26)4/h5-16H,1-4H3. The van der Waals surface area contributed by atoms with Crippen molar-refractivity contribution in [2.24, 2.45) is 7.05 Å². The molecule has 0 saturated heterocycles. The SMILES string of the molecule is Cc1ccc(C(=O)N(C)c2ccc(OC(=O)c3cc(-c4ccco4)nc4c3c(C)nn4C)cc2)cc1. The van der Waals surface area contributed by atoms with Crippen LogP contribution in [-0.2, 0) is 7.05 Å². The Morgan fingerprint density at radius 2 is 1.72 bits per heavy atom. The minimum absolute atomic E-state index is 0.128. The fourth-order valence-corrected chi connectivity index (χ4v) is 4.06. The highest BCUT2D eigenvalue weighted by atomic mass is 16.5. The lowest BCUT2D eigenvalue weighted by atomic mass is 10.1. The Labute approximate surface area is 207 Å². The van der Waals surface area contributed by atoms with Gasteiger partial charge in [0.1, 0.15) is 11.4 Å². The Hall–Kier alpha value is -4.72. The fraction of sp³-hybridized carbons (Fsp3) is 0.143. The first-order valence-corrected chi connectivity index (χ1v) is 11.4. The molecule has 0 atom stereocenters. The highest BCUT2D eigenvalue weighted by Crippen LogP contribution is 2.28. The van der Waals surface area contributed by atoms with E-state index in [1.165, 1.54) is 0 Å². The van der Waals surface area contributed by atoms with Crippen LogP contribution in [0.5, 0.6) is 5.75 Å². The molecule has 0 spiro atoms. The lowest BCUT2D eigenvalue weighted by Gasteiger charge is -2.18. The third-order valence-electron chi connectivity index (χ3n) is 6.00. The highest BCUT2D eigenvalue weighted by molar-refractivity contribution is 6.06. The molecule has 3 heterocycles. The molecule has 0 aliphatic rings. The molecule has 5 rings (SSSR count). The first-order chi connectivity index (χ1) is 17.3.